The van der Waals surface area contributed by atoms with E-state index in [4.69, 9.17) is 4.74 Å². The molecule has 3 aromatic rings. The fourth-order valence-corrected chi connectivity index (χ4v) is 3.28. The lowest BCUT2D eigenvalue weighted by Crippen LogP contribution is -2.22. The maximum Gasteiger partial charge on any atom is 0.282 e. The zero-order valence-corrected chi connectivity index (χ0v) is 17.2. The Morgan fingerprint density at radius 3 is 2.77 bits per heavy atom. The molecule has 0 aliphatic carbocycles. The molecule has 0 bridgehead atoms. The van der Waals surface area contributed by atoms with Crippen LogP contribution < -0.4 is 10.3 Å². The smallest absolute Gasteiger partial charge is 0.282 e. The first-order chi connectivity index (χ1) is 12.4. The number of rotatable bonds is 4. The van der Waals surface area contributed by atoms with E-state index < -0.39 is 0 Å². The highest BCUT2D eigenvalue weighted by Crippen LogP contribution is 2.31. The Kier molecular flexibility index (Phi) is 5.43. The molecule has 1 aromatic heterocycles. The molecule has 1 heterocycles. The van der Waals surface area contributed by atoms with Gasteiger partial charge in [0, 0.05) is 20.9 Å². The van der Waals surface area contributed by atoms with Gasteiger partial charge >= 0.3 is 0 Å². The van der Waals surface area contributed by atoms with Gasteiger partial charge in [-0.25, -0.2) is 4.98 Å². The molecule has 26 heavy (non-hydrogen) atoms. The van der Waals surface area contributed by atoms with E-state index in [-0.39, 0.29) is 11.3 Å². The van der Waals surface area contributed by atoms with Gasteiger partial charge in [0.2, 0.25) is 0 Å². The fourth-order valence-electron chi connectivity index (χ4n) is 2.48. The molecule has 0 spiro atoms. The van der Waals surface area contributed by atoms with Crippen molar-refractivity contribution < 1.29 is 9.84 Å². The molecule has 0 saturated heterocycles. The first-order valence-electron chi connectivity index (χ1n) is 7.76. The summed E-state index contributed by atoms with van der Waals surface area (Å²) in [6.45, 7) is 1.91. The minimum absolute atomic E-state index is 0.0140. The van der Waals surface area contributed by atoms with Crippen LogP contribution in [0.2, 0.25) is 0 Å². The summed E-state index contributed by atoms with van der Waals surface area (Å²) >= 11 is 6.75. The number of phenolic OH excluding ortho intramolecular Hbond substituents is 1. The van der Waals surface area contributed by atoms with Crippen LogP contribution in [0, 0.1) is 0 Å². The monoisotopic (exact) mass is 479 g/mol. The molecule has 8 heteroatoms. The third kappa shape index (κ3) is 3.52. The summed E-state index contributed by atoms with van der Waals surface area (Å²) in [6, 6.07) is 8.52. The van der Waals surface area contributed by atoms with E-state index in [1.165, 1.54) is 24.1 Å². The van der Waals surface area contributed by atoms with Crippen LogP contribution in [-0.4, -0.2) is 28.1 Å². The van der Waals surface area contributed by atoms with Crippen LogP contribution >= 0.6 is 31.9 Å². The van der Waals surface area contributed by atoms with Crippen molar-refractivity contribution in [2.75, 3.05) is 7.11 Å². The Bertz CT molecular complexity index is 1080. The first kappa shape index (κ1) is 18.6. The Hall–Kier alpha value is -2.19. The molecule has 3 rings (SSSR count). The molecule has 0 saturated carbocycles. The fraction of sp³-hybridized carbons (Fsp3) is 0.167. The van der Waals surface area contributed by atoms with Crippen molar-refractivity contribution in [2.24, 2.45) is 5.10 Å². The normalized spacial score (nSPS) is 11.4. The number of phenols is 1. The van der Waals surface area contributed by atoms with Gasteiger partial charge < -0.3 is 9.84 Å². The summed E-state index contributed by atoms with van der Waals surface area (Å²) in [5, 5.41) is 14.6. The SMILES string of the molecule is CCc1nc2ccc(Br)cc2c(=O)n1N=Cc1cc(OC)c(O)cc1Br. The standard InChI is InChI=1S/C18H15Br2N3O3/c1-3-17-22-14-5-4-11(19)7-12(14)18(25)23(17)21-9-10-6-16(26-2)15(24)8-13(10)20/h4-9,24H,3H2,1-2H3. The molecule has 2 aromatic carbocycles. The Morgan fingerprint density at radius 2 is 2.08 bits per heavy atom. The van der Waals surface area contributed by atoms with Crippen molar-refractivity contribution >= 4 is 49.0 Å². The molecule has 134 valence electrons. The number of hydrogen-bond donors (Lipinski definition) is 1. The zero-order valence-electron chi connectivity index (χ0n) is 14.0. The Morgan fingerprint density at radius 1 is 1.31 bits per heavy atom. The second-order valence-corrected chi connectivity index (χ2v) is 7.22. The van der Waals surface area contributed by atoms with E-state index in [1.807, 2.05) is 13.0 Å². The maximum absolute atomic E-state index is 12.9. The number of aromatic hydroxyl groups is 1. The van der Waals surface area contributed by atoms with Gasteiger partial charge in [-0.05, 0) is 46.3 Å². The maximum atomic E-state index is 12.9. The molecule has 0 amide bonds. The number of aryl methyl sites for hydroxylation is 1. The molecule has 0 unspecified atom stereocenters. The molecule has 6 nitrogen and oxygen atoms in total. The van der Waals surface area contributed by atoms with Gasteiger partial charge in [-0.1, -0.05) is 22.9 Å². The average Bonchev–Trinajstić information content (AvgIpc) is 2.62. The van der Waals surface area contributed by atoms with Crippen molar-refractivity contribution in [1.29, 1.82) is 0 Å². The van der Waals surface area contributed by atoms with Gasteiger partial charge in [0.15, 0.2) is 11.5 Å². The summed E-state index contributed by atoms with van der Waals surface area (Å²) in [4.78, 5) is 17.4. The lowest BCUT2D eigenvalue weighted by molar-refractivity contribution is 0.373. The Balaban J connectivity index is 2.15. The third-order valence-electron chi connectivity index (χ3n) is 3.80. The van der Waals surface area contributed by atoms with E-state index in [2.05, 4.69) is 41.9 Å². The van der Waals surface area contributed by atoms with Crippen LogP contribution in [-0.2, 0) is 6.42 Å². The summed E-state index contributed by atoms with van der Waals surface area (Å²) in [5.74, 6) is 0.890. The molecular weight excluding hydrogens is 466 g/mol. The third-order valence-corrected chi connectivity index (χ3v) is 4.98. The lowest BCUT2D eigenvalue weighted by Gasteiger charge is -2.09. The van der Waals surface area contributed by atoms with Crippen LogP contribution in [0.1, 0.15) is 18.3 Å². The highest BCUT2D eigenvalue weighted by Gasteiger charge is 2.11. The minimum Gasteiger partial charge on any atom is -0.504 e. The van der Waals surface area contributed by atoms with Gasteiger partial charge in [0.25, 0.3) is 5.56 Å². The van der Waals surface area contributed by atoms with Gasteiger partial charge in [-0.2, -0.15) is 9.78 Å². The van der Waals surface area contributed by atoms with E-state index in [0.717, 1.165) is 4.47 Å². The van der Waals surface area contributed by atoms with Gasteiger partial charge in [0.05, 0.1) is 24.2 Å². The molecule has 1 N–H and O–H groups in total. The number of fused-ring (bicyclic) bond motifs is 1. The van der Waals surface area contributed by atoms with E-state index in [9.17, 15) is 9.90 Å². The molecular formula is C18H15Br2N3O3. The quantitative estimate of drug-likeness (QED) is 0.571. The van der Waals surface area contributed by atoms with Gasteiger partial charge in [-0.15, -0.1) is 0 Å². The second kappa shape index (κ2) is 7.59. The van der Waals surface area contributed by atoms with Crippen molar-refractivity contribution in [3.05, 3.63) is 61.0 Å². The second-order valence-electron chi connectivity index (χ2n) is 5.45. The van der Waals surface area contributed by atoms with Crippen LogP contribution in [0.4, 0.5) is 0 Å². The summed E-state index contributed by atoms with van der Waals surface area (Å²) in [6.07, 6.45) is 2.08. The van der Waals surface area contributed by atoms with Crippen molar-refractivity contribution in [2.45, 2.75) is 13.3 Å². The van der Waals surface area contributed by atoms with Crippen molar-refractivity contribution in [1.82, 2.24) is 9.66 Å². The van der Waals surface area contributed by atoms with Crippen LogP contribution in [0.25, 0.3) is 10.9 Å². The number of nitrogens with zero attached hydrogens (tertiary/aromatic N) is 3. The van der Waals surface area contributed by atoms with Crippen molar-refractivity contribution in [3.63, 3.8) is 0 Å². The zero-order chi connectivity index (χ0) is 18.8. The van der Waals surface area contributed by atoms with E-state index in [1.54, 1.807) is 18.2 Å². The minimum atomic E-state index is -0.244. The summed E-state index contributed by atoms with van der Waals surface area (Å²) < 4.78 is 7.83. The predicted molar refractivity (Wildman–Crippen MR) is 108 cm³/mol. The number of halogens is 2. The number of hydrogen-bond acceptors (Lipinski definition) is 5. The number of aromatic nitrogens is 2. The number of ether oxygens (including phenoxy) is 1. The first-order valence-corrected chi connectivity index (χ1v) is 9.35. The van der Waals surface area contributed by atoms with E-state index >= 15 is 0 Å². The molecule has 0 radical (unpaired) electrons. The molecule has 0 atom stereocenters. The number of methoxy groups -OCH3 is 1. The van der Waals surface area contributed by atoms with Crippen LogP contribution in [0.5, 0.6) is 11.5 Å². The summed E-state index contributed by atoms with van der Waals surface area (Å²) in [5.41, 5.74) is 1.04. The Labute approximate surface area is 166 Å². The number of benzene rings is 2. The van der Waals surface area contributed by atoms with Crippen LogP contribution in [0.15, 0.2) is 49.2 Å². The lowest BCUT2D eigenvalue weighted by atomic mass is 10.2. The predicted octanol–water partition coefficient (Wildman–Crippen LogP) is 4.08. The highest BCUT2D eigenvalue weighted by molar-refractivity contribution is 9.10. The van der Waals surface area contributed by atoms with E-state index in [0.29, 0.717) is 38.9 Å². The molecule has 0 fully saturated rings. The largest absolute Gasteiger partial charge is 0.504 e. The molecule has 0 aliphatic rings. The van der Waals surface area contributed by atoms with Crippen LogP contribution in [0.3, 0.4) is 0 Å². The summed E-state index contributed by atoms with van der Waals surface area (Å²) in [7, 11) is 1.47. The van der Waals surface area contributed by atoms with Gasteiger partial charge in [-0.3, -0.25) is 4.79 Å². The van der Waals surface area contributed by atoms with Gasteiger partial charge in [0.1, 0.15) is 5.82 Å². The average molecular weight is 481 g/mol. The molecule has 0 aliphatic heterocycles. The topological polar surface area (TPSA) is 76.7 Å². The van der Waals surface area contributed by atoms with Crippen molar-refractivity contribution in [3.8, 4) is 11.5 Å². The highest BCUT2D eigenvalue weighted by atomic mass is 79.9.